The minimum absolute atomic E-state index is 0.470. The van der Waals surface area contributed by atoms with Crippen molar-refractivity contribution in [2.75, 3.05) is 9.80 Å². The van der Waals surface area contributed by atoms with Crippen molar-refractivity contribution in [3.8, 4) is 0 Å². The molecule has 2 fully saturated rings. The SMILES string of the molecule is C[Si](C)(C)c1ccc(N(c2cc(C3CCCC3)c3ccc4c(N(c5ccc([Si](C)(C)C)cc5)c5cccc6c5oc5ccccc56)cc(C5CCCC5)c5ccc2c3c54)c2cccc3c2oc2ccccc23)cc1. The molecule has 0 spiro atoms. The highest BCUT2D eigenvalue weighted by Gasteiger charge is 2.32. The average Bonchev–Trinajstić information content (AvgIpc) is 4.30. The second-order valence-electron chi connectivity index (χ2n) is 23.8. The number of anilines is 6. The van der Waals surface area contributed by atoms with Crippen LogP contribution in [0.1, 0.15) is 74.3 Å². The van der Waals surface area contributed by atoms with Gasteiger partial charge in [-0.05, 0) is 131 Å². The lowest BCUT2D eigenvalue weighted by molar-refractivity contribution is 0.668. The zero-order valence-electron chi connectivity index (χ0n) is 43.7. The van der Waals surface area contributed by atoms with Crippen molar-refractivity contribution in [1.82, 2.24) is 0 Å². The second-order valence-corrected chi connectivity index (χ2v) is 33.9. The van der Waals surface area contributed by atoms with Gasteiger partial charge in [-0.1, -0.05) is 185 Å². The molecule has 0 aliphatic heterocycles. The van der Waals surface area contributed by atoms with E-state index in [1.807, 2.05) is 0 Å². The number of furan rings is 2. The fourth-order valence-electron chi connectivity index (χ4n) is 13.4. The van der Waals surface area contributed by atoms with Gasteiger partial charge in [0.25, 0.3) is 0 Å². The zero-order valence-corrected chi connectivity index (χ0v) is 45.7. The standard InChI is InChI=1S/C68H64N2O2Si2/c1-73(2,3)47-33-29-45(30-34-47)69(59-25-15-23-53-49-21-11-13-27-63(49)71-67(53)59)61-41-57(43-17-7-8-18-43)51-38-40-56-62(42-58(44-19-9-10-20-44)52-37-39-55(61)65(51)66(52)56)70(46-31-35-48(36-32-46)74(4,5)6)60-26-16-24-54-50-22-12-14-28-64(50)72-68(54)60/h11-16,21-44H,7-10,17-20H2,1-6H3. The normalized spacial score (nSPS) is 15.2. The molecular formula is C68H64N2O2Si2. The number of hydrogen-bond acceptors (Lipinski definition) is 4. The van der Waals surface area contributed by atoms with E-state index in [4.69, 9.17) is 8.83 Å². The van der Waals surface area contributed by atoms with Gasteiger partial charge in [0, 0.05) is 43.7 Å². The smallest absolute Gasteiger partial charge is 0.159 e. The molecule has 2 saturated carbocycles. The Morgan fingerprint density at radius 3 is 1.11 bits per heavy atom. The van der Waals surface area contributed by atoms with Crippen molar-refractivity contribution in [2.24, 2.45) is 0 Å². The van der Waals surface area contributed by atoms with Crippen LogP contribution in [0, 0.1) is 0 Å². The Kier molecular flexibility index (Phi) is 10.6. The summed E-state index contributed by atoms with van der Waals surface area (Å²) in [5, 5.41) is 15.5. The number of hydrogen-bond donors (Lipinski definition) is 0. The number of fused-ring (bicyclic) bond motifs is 6. The van der Waals surface area contributed by atoms with Gasteiger partial charge >= 0.3 is 0 Å². The van der Waals surface area contributed by atoms with E-state index in [-0.39, 0.29) is 0 Å². The first-order valence-electron chi connectivity index (χ1n) is 27.4. The molecule has 0 N–H and O–H groups in total. The van der Waals surface area contributed by atoms with Crippen LogP contribution in [-0.4, -0.2) is 16.1 Å². The van der Waals surface area contributed by atoms with Gasteiger partial charge in [-0.2, -0.15) is 0 Å². The van der Waals surface area contributed by atoms with Gasteiger partial charge in [-0.15, -0.1) is 0 Å². The van der Waals surface area contributed by atoms with Crippen LogP contribution >= 0.6 is 0 Å². The van der Waals surface area contributed by atoms with E-state index < -0.39 is 16.1 Å². The predicted molar refractivity (Wildman–Crippen MR) is 322 cm³/mol. The lowest BCUT2D eigenvalue weighted by Gasteiger charge is -2.32. The summed E-state index contributed by atoms with van der Waals surface area (Å²) in [5.74, 6) is 0.939. The Balaban J connectivity index is 1.11. The lowest BCUT2D eigenvalue weighted by Crippen LogP contribution is -2.37. The molecule has 4 nitrogen and oxygen atoms in total. The monoisotopic (exact) mass is 996 g/mol. The molecule has 0 bridgehead atoms. The summed E-state index contributed by atoms with van der Waals surface area (Å²) in [6, 6.07) is 64.8. The highest BCUT2D eigenvalue weighted by Crippen LogP contribution is 2.55. The number of nitrogens with zero attached hydrogens (tertiary/aromatic N) is 2. The minimum atomic E-state index is -1.59. The molecule has 12 aromatic rings. The summed E-state index contributed by atoms with van der Waals surface area (Å²) in [6.07, 6.45) is 9.86. The minimum Gasteiger partial charge on any atom is -0.454 e. The summed E-state index contributed by atoms with van der Waals surface area (Å²) in [5.41, 5.74) is 13.4. The van der Waals surface area contributed by atoms with E-state index in [1.165, 1.54) is 117 Å². The maximum atomic E-state index is 6.97. The summed E-state index contributed by atoms with van der Waals surface area (Å²) < 4.78 is 13.9. The van der Waals surface area contributed by atoms with Crippen molar-refractivity contribution in [3.05, 3.63) is 181 Å². The van der Waals surface area contributed by atoms with Crippen LogP contribution in [0.25, 0.3) is 76.2 Å². The summed E-state index contributed by atoms with van der Waals surface area (Å²) in [6.45, 7) is 14.7. The molecular weight excluding hydrogens is 933 g/mol. The van der Waals surface area contributed by atoms with Crippen molar-refractivity contribution in [1.29, 1.82) is 0 Å². The number of para-hydroxylation sites is 4. The van der Waals surface area contributed by atoms with Gasteiger partial charge in [-0.3, -0.25) is 0 Å². The Morgan fingerprint density at radius 2 is 0.716 bits per heavy atom. The Hall–Kier alpha value is -7.13. The molecule has 0 atom stereocenters. The molecule has 0 unspecified atom stereocenters. The average molecular weight is 997 g/mol. The quantitative estimate of drug-likeness (QED) is 0.101. The largest absolute Gasteiger partial charge is 0.454 e. The summed E-state index contributed by atoms with van der Waals surface area (Å²) >= 11 is 0. The molecule has 10 aromatic carbocycles. The fourth-order valence-corrected chi connectivity index (χ4v) is 15.7. The topological polar surface area (TPSA) is 32.8 Å². The summed E-state index contributed by atoms with van der Waals surface area (Å²) in [4.78, 5) is 5.10. The second kappa shape index (κ2) is 17.2. The van der Waals surface area contributed by atoms with E-state index in [2.05, 4.69) is 219 Å². The van der Waals surface area contributed by atoms with E-state index in [1.54, 1.807) is 0 Å². The van der Waals surface area contributed by atoms with E-state index in [0.29, 0.717) is 11.8 Å². The van der Waals surface area contributed by atoms with Crippen molar-refractivity contribution >= 4 is 137 Å². The van der Waals surface area contributed by atoms with Gasteiger partial charge in [0.1, 0.15) is 11.2 Å². The molecule has 6 heteroatoms. The Labute approximate surface area is 436 Å². The Morgan fingerprint density at radius 1 is 0.351 bits per heavy atom. The molecule has 2 heterocycles. The van der Waals surface area contributed by atoms with Gasteiger partial charge in [0.05, 0.1) is 38.9 Å². The lowest BCUT2D eigenvalue weighted by atomic mass is 9.82. The van der Waals surface area contributed by atoms with Crippen molar-refractivity contribution < 1.29 is 8.83 Å². The third-order valence-electron chi connectivity index (χ3n) is 17.2. The van der Waals surface area contributed by atoms with Crippen LogP contribution in [0.5, 0.6) is 0 Å². The number of benzene rings is 10. The molecule has 14 rings (SSSR count). The third-order valence-corrected chi connectivity index (χ3v) is 21.4. The first kappa shape index (κ1) is 45.5. The van der Waals surface area contributed by atoms with Crippen LogP contribution in [0.2, 0.25) is 39.3 Å². The van der Waals surface area contributed by atoms with Crippen LogP contribution < -0.4 is 20.2 Å². The molecule has 0 radical (unpaired) electrons. The highest BCUT2D eigenvalue weighted by atomic mass is 28.3. The van der Waals surface area contributed by atoms with Gasteiger partial charge < -0.3 is 18.6 Å². The van der Waals surface area contributed by atoms with E-state index in [9.17, 15) is 0 Å². The first-order chi connectivity index (χ1) is 36.0. The highest BCUT2D eigenvalue weighted by molar-refractivity contribution is 6.89. The summed E-state index contributed by atoms with van der Waals surface area (Å²) in [7, 11) is -3.18. The van der Waals surface area contributed by atoms with Gasteiger partial charge in [0.2, 0.25) is 0 Å². The molecule has 0 saturated heterocycles. The van der Waals surface area contributed by atoms with E-state index in [0.717, 1.165) is 66.6 Å². The van der Waals surface area contributed by atoms with Gasteiger partial charge in [-0.25, -0.2) is 0 Å². The third kappa shape index (κ3) is 7.26. The first-order valence-corrected chi connectivity index (χ1v) is 34.4. The molecule has 2 aliphatic rings. The maximum absolute atomic E-state index is 6.97. The fraction of sp³-hybridized carbons (Fsp3) is 0.235. The van der Waals surface area contributed by atoms with Crippen LogP contribution in [0.3, 0.4) is 0 Å². The van der Waals surface area contributed by atoms with Gasteiger partial charge in [0.15, 0.2) is 11.2 Å². The molecule has 2 aliphatic carbocycles. The number of rotatable bonds is 10. The van der Waals surface area contributed by atoms with Crippen LogP contribution in [0.4, 0.5) is 34.1 Å². The van der Waals surface area contributed by atoms with Crippen molar-refractivity contribution in [3.63, 3.8) is 0 Å². The molecule has 0 amide bonds. The van der Waals surface area contributed by atoms with E-state index >= 15 is 0 Å². The molecule has 74 heavy (non-hydrogen) atoms. The predicted octanol–water partition coefficient (Wildman–Crippen LogP) is 19.7. The van der Waals surface area contributed by atoms with Crippen LogP contribution in [0.15, 0.2) is 179 Å². The molecule has 366 valence electrons. The Bertz CT molecular complexity index is 3850. The maximum Gasteiger partial charge on any atom is 0.159 e. The zero-order chi connectivity index (χ0) is 50.0. The van der Waals surface area contributed by atoms with Crippen LogP contribution in [-0.2, 0) is 0 Å². The van der Waals surface area contributed by atoms with Crippen molar-refractivity contribution in [2.45, 2.75) is 102 Å². The molecule has 2 aromatic heterocycles.